The van der Waals surface area contributed by atoms with E-state index < -0.39 is 22.4 Å². The Morgan fingerprint density at radius 3 is 2.40 bits per heavy atom. The molecule has 2 rings (SSSR count). The summed E-state index contributed by atoms with van der Waals surface area (Å²) in [6.45, 7) is 4.18. The van der Waals surface area contributed by atoms with Crippen LogP contribution in [0.3, 0.4) is 0 Å². The molecule has 20 heavy (non-hydrogen) atoms. The van der Waals surface area contributed by atoms with E-state index in [0.29, 0.717) is 18.2 Å². The minimum atomic E-state index is -4.59. The van der Waals surface area contributed by atoms with Gasteiger partial charge >= 0.3 is 6.18 Å². The molecule has 0 spiro atoms. The number of hydrogen-bond donors (Lipinski definition) is 1. The first kappa shape index (κ1) is 14.8. The van der Waals surface area contributed by atoms with Crippen molar-refractivity contribution in [2.24, 2.45) is 17.1 Å². The van der Waals surface area contributed by atoms with E-state index in [1.54, 1.807) is 0 Å². The van der Waals surface area contributed by atoms with Gasteiger partial charge in [0.1, 0.15) is 0 Å². The smallest absolute Gasteiger partial charge is 0.330 e. The summed E-state index contributed by atoms with van der Waals surface area (Å²) in [7, 11) is 0. The average Bonchev–Trinajstić information content (AvgIpc) is 2.88. The van der Waals surface area contributed by atoms with E-state index in [1.165, 1.54) is 6.07 Å². The Bertz CT molecular complexity index is 555. The molecule has 1 aromatic rings. The summed E-state index contributed by atoms with van der Waals surface area (Å²) in [6.07, 6.45) is -4.59. The maximum Gasteiger partial charge on any atom is 0.416 e. The molecule has 1 aliphatic carbocycles. The summed E-state index contributed by atoms with van der Waals surface area (Å²) in [5.74, 6) is -0.117. The molecule has 110 valence electrons. The molecule has 1 aromatic carbocycles. The number of nitro benzene ring substituents is 1. The Morgan fingerprint density at radius 2 is 2.00 bits per heavy atom. The van der Waals surface area contributed by atoms with Crippen molar-refractivity contribution < 1.29 is 18.1 Å². The molecule has 2 atom stereocenters. The van der Waals surface area contributed by atoms with Gasteiger partial charge in [0.2, 0.25) is 0 Å². The van der Waals surface area contributed by atoms with Crippen molar-refractivity contribution in [1.29, 1.82) is 0 Å². The summed E-state index contributed by atoms with van der Waals surface area (Å²) >= 11 is 0. The van der Waals surface area contributed by atoms with Gasteiger partial charge < -0.3 is 5.73 Å². The summed E-state index contributed by atoms with van der Waals surface area (Å²) in [5, 5.41) is 11.0. The Labute approximate surface area is 113 Å². The van der Waals surface area contributed by atoms with Crippen molar-refractivity contribution in [3.05, 3.63) is 39.4 Å². The van der Waals surface area contributed by atoms with Crippen LogP contribution in [0.2, 0.25) is 0 Å². The van der Waals surface area contributed by atoms with Crippen LogP contribution in [0.25, 0.3) is 0 Å². The van der Waals surface area contributed by atoms with Crippen LogP contribution in [-0.4, -0.2) is 11.5 Å². The maximum atomic E-state index is 12.6. The Balaban J connectivity index is 2.48. The molecular formula is C13H15F3N2O2. The minimum Gasteiger partial charge on any atom is -0.330 e. The predicted molar refractivity (Wildman–Crippen MR) is 67.2 cm³/mol. The first-order valence-corrected chi connectivity index (χ1v) is 6.16. The zero-order valence-electron chi connectivity index (χ0n) is 11.1. The first-order valence-electron chi connectivity index (χ1n) is 6.16. The lowest BCUT2D eigenvalue weighted by Gasteiger charge is -2.09. The van der Waals surface area contributed by atoms with Gasteiger partial charge in [-0.1, -0.05) is 19.9 Å². The highest BCUT2D eigenvalue weighted by Gasteiger charge is 2.59. The second-order valence-corrected chi connectivity index (χ2v) is 5.67. The fourth-order valence-electron chi connectivity index (χ4n) is 2.94. The summed E-state index contributed by atoms with van der Waals surface area (Å²) in [5.41, 5.74) is 4.24. The van der Waals surface area contributed by atoms with Gasteiger partial charge in [-0.05, 0) is 23.9 Å². The van der Waals surface area contributed by atoms with Crippen LogP contribution in [0.1, 0.15) is 30.9 Å². The molecule has 0 aliphatic heterocycles. The molecule has 0 aromatic heterocycles. The predicted octanol–water partition coefficient (Wildman–Crippen LogP) is 3.31. The lowest BCUT2D eigenvalue weighted by atomic mass is 9.99. The molecule has 2 unspecified atom stereocenters. The minimum absolute atomic E-state index is 0.0536. The maximum absolute atomic E-state index is 12.6. The van der Waals surface area contributed by atoms with E-state index in [9.17, 15) is 23.3 Å². The standard InChI is InChI=1S/C13H15F3N2O2/c1-12(2)9(6-17)11(12)8-4-3-7(13(14,15)16)5-10(8)18(19)20/h3-5,9,11H,6,17H2,1-2H3. The second kappa shape index (κ2) is 4.44. The first-order chi connectivity index (χ1) is 9.10. The van der Waals surface area contributed by atoms with Crippen molar-refractivity contribution in [2.75, 3.05) is 6.54 Å². The van der Waals surface area contributed by atoms with E-state index in [4.69, 9.17) is 5.73 Å². The number of nitrogens with zero attached hydrogens (tertiary/aromatic N) is 1. The normalized spacial score (nSPS) is 24.5. The summed E-state index contributed by atoms with van der Waals surface area (Å²) < 4.78 is 37.9. The molecule has 0 bridgehead atoms. The molecule has 0 saturated heterocycles. The van der Waals surface area contributed by atoms with Crippen LogP contribution in [-0.2, 0) is 6.18 Å². The van der Waals surface area contributed by atoms with Crippen LogP contribution in [0.4, 0.5) is 18.9 Å². The van der Waals surface area contributed by atoms with Gasteiger partial charge in [0.15, 0.2) is 0 Å². The molecule has 1 saturated carbocycles. The monoisotopic (exact) mass is 288 g/mol. The van der Waals surface area contributed by atoms with Crippen molar-refractivity contribution in [3.8, 4) is 0 Å². The van der Waals surface area contributed by atoms with Gasteiger partial charge in [-0.25, -0.2) is 0 Å². The lowest BCUT2D eigenvalue weighted by Crippen LogP contribution is -2.07. The molecule has 4 nitrogen and oxygen atoms in total. The quantitative estimate of drug-likeness (QED) is 0.685. The highest BCUT2D eigenvalue weighted by atomic mass is 19.4. The Kier molecular flexibility index (Phi) is 3.28. The van der Waals surface area contributed by atoms with Crippen LogP contribution >= 0.6 is 0 Å². The van der Waals surface area contributed by atoms with Crippen molar-refractivity contribution in [3.63, 3.8) is 0 Å². The summed E-state index contributed by atoms with van der Waals surface area (Å²) in [4.78, 5) is 10.3. The molecule has 1 fully saturated rings. The van der Waals surface area contributed by atoms with E-state index >= 15 is 0 Å². The van der Waals surface area contributed by atoms with Gasteiger partial charge in [-0.2, -0.15) is 13.2 Å². The molecule has 0 amide bonds. The van der Waals surface area contributed by atoms with Crippen molar-refractivity contribution in [2.45, 2.75) is 25.9 Å². The van der Waals surface area contributed by atoms with Crippen molar-refractivity contribution >= 4 is 5.69 Å². The summed E-state index contributed by atoms with van der Waals surface area (Å²) in [6, 6.07) is 2.71. The number of alkyl halides is 3. The van der Waals surface area contributed by atoms with Crippen LogP contribution in [0, 0.1) is 21.4 Å². The van der Waals surface area contributed by atoms with E-state index in [-0.39, 0.29) is 17.3 Å². The van der Waals surface area contributed by atoms with Crippen molar-refractivity contribution in [1.82, 2.24) is 0 Å². The highest BCUT2D eigenvalue weighted by Crippen LogP contribution is 2.65. The zero-order chi connectivity index (χ0) is 15.3. The molecule has 1 aliphatic rings. The van der Waals surface area contributed by atoms with Crippen LogP contribution < -0.4 is 5.73 Å². The number of nitro groups is 1. The van der Waals surface area contributed by atoms with Crippen LogP contribution in [0.5, 0.6) is 0 Å². The zero-order valence-corrected chi connectivity index (χ0v) is 11.1. The molecule has 2 N–H and O–H groups in total. The van der Waals surface area contributed by atoms with Gasteiger partial charge in [0, 0.05) is 17.5 Å². The fraction of sp³-hybridized carbons (Fsp3) is 0.538. The van der Waals surface area contributed by atoms with Gasteiger partial charge in [0.05, 0.1) is 10.5 Å². The van der Waals surface area contributed by atoms with E-state index in [2.05, 4.69) is 0 Å². The third kappa shape index (κ3) is 2.26. The third-order valence-electron chi connectivity index (χ3n) is 4.19. The second-order valence-electron chi connectivity index (χ2n) is 5.67. The van der Waals surface area contributed by atoms with E-state index in [1.807, 2.05) is 13.8 Å². The SMILES string of the molecule is CC1(C)C(CN)C1c1ccc(C(F)(F)F)cc1[N+](=O)[O-]. The number of nitrogens with two attached hydrogens (primary N) is 1. The highest BCUT2D eigenvalue weighted by molar-refractivity contribution is 5.50. The molecule has 0 heterocycles. The molecule has 0 radical (unpaired) electrons. The lowest BCUT2D eigenvalue weighted by molar-refractivity contribution is -0.385. The molecular weight excluding hydrogens is 273 g/mol. The number of hydrogen-bond acceptors (Lipinski definition) is 3. The third-order valence-corrected chi connectivity index (χ3v) is 4.19. The van der Waals surface area contributed by atoms with Gasteiger partial charge in [-0.15, -0.1) is 0 Å². The van der Waals surface area contributed by atoms with Gasteiger partial charge in [0.25, 0.3) is 5.69 Å². The number of rotatable bonds is 3. The Morgan fingerprint density at radius 1 is 1.40 bits per heavy atom. The molecule has 7 heteroatoms. The number of benzene rings is 1. The topological polar surface area (TPSA) is 69.2 Å². The van der Waals surface area contributed by atoms with Crippen LogP contribution in [0.15, 0.2) is 18.2 Å². The average molecular weight is 288 g/mol. The largest absolute Gasteiger partial charge is 0.416 e. The van der Waals surface area contributed by atoms with E-state index in [0.717, 1.165) is 6.07 Å². The fourth-order valence-corrected chi connectivity index (χ4v) is 2.94. The number of halogens is 3. The Hall–Kier alpha value is -1.63. The van der Waals surface area contributed by atoms with Gasteiger partial charge in [-0.3, -0.25) is 10.1 Å².